The van der Waals surface area contributed by atoms with Crippen molar-refractivity contribution in [2.24, 2.45) is 11.8 Å². The zero-order chi connectivity index (χ0) is 18.9. The molecule has 7 nitrogen and oxygen atoms in total. The Morgan fingerprint density at radius 3 is 2.42 bits per heavy atom. The average Bonchev–Trinajstić information content (AvgIpc) is 2.63. The third-order valence-corrected chi connectivity index (χ3v) is 6.68. The number of rotatable bonds is 4. The van der Waals surface area contributed by atoms with Crippen molar-refractivity contribution in [1.82, 2.24) is 9.62 Å². The van der Waals surface area contributed by atoms with Crippen LogP contribution in [0, 0.1) is 11.8 Å². The third-order valence-electron chi connectivity index (χ3n) is 4.86. The number of sulfonamides is 1. The summed E-state index contributed by atoms with van der Waals surface area (Å²) in [5.41, 5.74) is 0. The standard InChI is InChI=1S/C18H24N2O5S/c1-4-17(21)19-18-12(2)10-20(11-13(18)3)26(22,23)14-5-6-15-16(9-14)25-8-7-24-15/h4-6,9,12-13,18H,1,7-8,10-11H2,2-3H3,(H,19,21). The number of carbonyl (C=O) groups excluding carboxylic acids is 1. The fraction of sp³-hybridized carbons (Fsp3) is 0.500. The number of ether oxygens (including phenoxy) is 2. The molecular weight excluding hydrogens is 356 g/mol. The summed E-state index contributed by atoms with van der Waals surface area (Å²) >= 11 is 0. The van der Waals surface area contributed by atoms with E-state index < -0.39 is 10.0 Å². The Hall–Kier alpha value is -2.06. The molecule has 0 aliphatic carbocycles. The molecule has 2 aliphatic rings. The lowest BCUT2D eigenvalue weighted by Gasteiger charge is -2.40. The van der Waals surface area contributed by atoms with E-state index in [1.54, 1.807) is 12.1 Å². The van der Waals surface area contributed by atoms with Crippen LogP contribution in [0.3, 0.4) is 0 Å². The number of hydrogen-bond donors (Lipinski definition) is 1. The van der Waals surface area contributed by atoms with Crippen LogP contribution in [0.15, 0.2) is 35.7 Å². The van der Waals surface area contributed by atoms with E-state index >= 15 is 0 Å². The maximum Gasteiger partial charge on any atom is 0.243 e. The highest BCUT2D eigenvalue weighted by atomic mass is 32.2. The molecule has 142 valence electrons. The number of hydrogen-bond acceptors (Lipinski definition) is 5. The van der Waals surface area contributed by atoms with Gasteiger partial charge in [0.2, 0.25) is 15.9 Å². The summed E-state index contributed by atoms with van der Waals surface area (Å²) in [5.74, 6) is 0.732. The van der Waals surface area contributed by atoms with Crippen LogP contribution in [0.25, 0.3) is 0 Å². The lowest BCUT2D eigenvalue weighted by Crippen LogP contribution is -2.55. The lowest BCUT2D eigenvalue weighted by atomic mass is 9.87. The van der Waals surface area contributed by atoms with Gasteiger partial charge in [-0.3, -0.25) is 4.79 Å². The fourth-order valence-electron chi connectivity index (χ4n) is 3.54. The van der Waals surface area contributed by atoms with Gasteiger partial charge in [0.15, 0.2) is 11.5 Å². The normalized spacial score (nSPS) is 26.2. The summed E-state index contributed by atoms with van der Waals surface area (Å²) in [5, 5.41) is 2.91. The summed E-state index contributed by atoms with van der Waals surface area (Å²) < 4.78 is 38.6. The van der Waals surface area contributed by atoms with E-state index in [-0.39, 0.29) is 28.7 Å². The first-order chi connectivity index (χ1) is 12.3. The van der Waals surface area contributed by atoms with Crippen LogP contribution < -0.4 is 14.8 Å². The second kappa shape index (κ2) is 7.28. The molecule has 1 N–H and O–H groups in total. The molecule has 1 amide bonds. The van der Waals surface area contributed by atoms with Crippen molar-refractivity contribution in [1.29, 1.82) is 0 Å². The summed E-state index contributed by atoms with van der Waals surface area (Å²) in [6, 6.07) is 4.60. The second-order valence-corrected chi connectivity index (χ2v) is 8.76. The van der Waals surface area contributed by atoms with Gasteiger partial charge < -0.3 is 14.8 Å². The van der Waals surface area contributed by atoms with Crippen LogP contribution in [-0.2, 0) is 14.8 Å². The van der Waals surface area contributed by atoms with Gasteiger partial charge in [-0.2, -0.15) is 4.31 Å². The molecular formula is C18H24N2O5S. The third kappa shape index (κ3) is 3.57. The Bertz CT molecular complexity index is 796. The Balaban J connectivity index is 1.80. The van der Waals surface area contributed by atoms with E-state index in [1.165, 1.54) is 16.4 Å². The highest BCUT2D eigenvalue weighted by Crippen LogP contribution is 2.34. The van der Waals surface area contributed by atoms with Gasteiger partial charge >= 0.3 is 0 Å². The number of benzene rings is 1. The topological polar surface area (TPSA) is 84.9 Å². The molecule has 2 atom stereocenters. The monoisotopic (exact) mass is 380 g/mol. The molecule has 0 bridgehead atoms. The van der Waals surface area contributed by atoms with Gasteiger partial charge in [0.1, 0.15) is 13.2 Å². The van der Waals surface area contributed by atoms with Gasteiger partial charge in [0, 0.05) is 25.2 Å². The van der Waals surface area contributed by atoms with E-state index in [0.29, 0.717) is 37.8 Å². The van der Waals surface area contributed by atoms with E-state index in [0.717, 1.165) is 0 Å². The molecule has 8 heteroatoms. The Kier molecular flexibility index (Phi) is 5.24. The number of fused-ring (bicyclic) bond motifs is 1. The smallest absolute Gasteiger partial charge is 0.243 e. The average molecular weight is 380 g/mol. The first-order valence-corrected chi connectivity index (χ1v) is 10.1. The number of amides is 1. The molecule has 0 saturated carbocycles. The van der Waals surface area contributed by atoms with Crippen molar-refractivity contribution in [3.05, 3.63) is 30.9 Å². The summed E-state index contributed by atoms with van der Waals surface area (Å²) in [6.45, 7) is 8.88. The van der Waals surface area contributed by atoms with Crippen LogP contribution in [0.4, 0.5) is 0 Å². The molecule has 1 aromatic carbocycles. The Labute approximate surface area is 154 Å². The number of nitrogens with zero attached hydrogens (tertiary/aromatic N) is 1. The van der Waals surface area contributed by atoms with E-state index in [2.05, 4.69) is 11.9 Å². The van der Waals surface area contributed by atoms with Crippen molar-refractivity contribution >= 4 is 15.9 Å². The summed E-state index contributed by atoms with van der Waals surface area (Å²) in [6.07, 6.45) is 1.23. The zero-order valence-corrected chi connectivity index (χ0v) is 15.8. The minimum Gasteiger partial charge on any atom is -0.486 e. The maximum absolute atomic E-state index is 13.1. The molecule has 2 aliphatic heterocycles. The van der Waals surface area contributed by atoms with E-state index in [4.69, 9.17) is 9.47 Å². The van der Waals surface area contributed by atoms with Crippen LogP contribution in [-0.4, -0.2) is 51.0 Å². The second-order valence-electron chi connectivity index (χ2n) is 6.82. The predicted octanol–water partition coefficient (Wildman–Crippen LogP) is 1.41. The Morgan fingerprint density at radius 2 is 1.81 bits per heavy atom. The minimum absolute atomic E-state index is 0.0189. The van der Waals surface area contributed by atoms with Crippen molar-refractivity contribution in [2.45, 2.75) is 24.8 Å². The van der Waals surface area contributed by atoms with Gasteiger partial charge in [-0.15, -0.1) is 0 Å². The fourth-order valence-corrected chi connectivity index (χ4v) is 5.20. The van der Waals surface area contributed by atoms with Gasteiger partial charge in [-0.05, 0) is 30.0 Å². The van der Waals surface area contributed by atoms with Crippen LogP contribution in [0.1, 0.15) is 13.8 Å². The molecule has 0 aromatic heterocycles. The maximum atomic E-state index is 13.1. The minimum atomic E-state index is -3.65. The van der Waals surface area contributed by atoms with Crippen LogP contribution in [0.5, 0.6) is 11.5 Å². The number of carbonyl (C=O) groups is 1. The highest BCUT2D eigenvalue weighted by Gasteiger charge is 2.38. The predicted molar refractivity (Wildman–Crippen MR) is 96.6 cm³/mol. The van der Waals surface area contributed by atoms with Crippen molar-refractivity contribution in [2.75, 3.05) is 26.3 Å². The van der Waals surface area contributed by atoms with Gasteiger partial charge in [-0.1, -0.05) is 20.4 Å². The van der Waals surface area contributed by atoms with Crippen molar-refractivity contribution < 1.29 is 22.7 Å². The van der Waals surface area contributed by atoms with Gasteiger partial charge in [-0.25, -0.2) is 8.42 Å². The molecule has 2 heterocycles. The molecule has 2 unspecified atom stereocenters. The largest absolute Gasteiger partial charge is 0.486 e. The SMILES string of the molecule is C=CC(=O)NC1C(C)CN(S(=O)(=O)c2ccc3c(c2)OCCO3)CC1C. The van der Waals surface area contributed by atoms with Gasteiger partial charge in [0.25, 0.3) is 0 Å². The zero-order valence-electron chi connectivity index (χ0n) is 15.0. The van der Waals surface area contributed by atoms with Crippen molar-refractivity contribution in [3.63, 3.8) is 0 Å². The molecule has 1 saturated heterocycles. The molecule has 1 fully saturated rings. The van der Waals surface area contributed by atoms with E-state index in [9.17, 15) is 13.2 Å². The molecule has 0 radical (unpaired) electrons. The lowest BCUT2D eigenvalue weighted by molar-refractivity contribution is -0.118. The number of piperidine rings is 1. The Morgan fingerprint density at radius 1 is 1.19 bits per heavy atom. The first-order valence-electron chi connectivity index (χ1n) is 8.65. The molecule has 0 spiro atoms. The van der Waals surface area contributed by atoms with Crippen molar-refractivity contribution in [3.8, 4) is 11.5 Å². The molecule has 3 rings (SSSR count). The highest BCUT2D eigenvalue weighted by molar-refractivity contribution is 7.89. The van der Waals surface area contributed by atoms with Crippen LogP contribution >= 0.6 is 0 Å². The van der Waals surface area contributed by atoms with Crippen LogP contribution in [0.2, 0.25) is 0 Å². The quantitative estimate of drug-likeness (QED) is 0.799. The summed E-state index contributed by atoms with van der Waals surface area (Å²) in [4.78, 5) is 11.8. The first kappa shape index (κ1) is 18.7. The summed E-state index contributed by atoms with van der Waals surface area (Å²) in [7, 11) is -3.65. The number of nitrogens with one attached hydrogen (secondary N) is 1. The molecule has 1 aromatic rings. The molecule has 26 heavy (non-hydrogen) atoms. The van der Waals surface area contributed by atoms with Gasteiger partial charge in [0.05, 0.1) is 4.90 Å². The van der Waals surface area contributed by atoms with E-state index in [1.807, 2.05) is 13.8 Å².